The van der Waals surface area contributed by atoms with Crippen molar-refractivity contribution in [2.75, 3.05) is 6.54 Å². The molecular weight excluding hydrogens is 166 g/mol. The number of carboxylic acid groups (broad SMARTS) is 1. The Bertz CT molecular complexity index is 168. The highest BCUT2D eigenvalue weighted by Crippen LogP contribution is 2.21. The van der Waals surface area contributed by atoms with Gasteiger partial charge in [0.1, 0.15) is 0 Å². The standard InChI is InChI=1S/C10H19NO2/c1-2-3-9-6-8(4-5-11-9)7-10(12)13/h8-9,11H,2-7H2,1H3,(H,12,13). The second-order valence-corrected chi connectivity index (χ2v) is 3.93. The summed E-state index contributed by atoms with van der Waals surface area (Å²) < 4.78 is 0. The van der Waals surface area contributed by atoms with Crippen molar-refractivity contribution in [3.63, 3.8) is 0 Å². The first kappa shape index (κ1) is 10.5. The number of nitrogens with one attached hydrogen (secondary N) is 1. The molecule has 0 spiro atoms. The van der Waals surface area contributed by atoms with E-state index in [4.69, 9.17) is 5.11 Å². The molecule has 0 saturated carbocycles. The van der Waals surface area contributed by atoms with E-state index >= 15 is 0 Å². The van der Waals surface area contributed by atoms with Crippen LogP contribution in [-0.4, -0.2) is 23.7 Å². The van der Waals surface area contributed by atoms with Crippen LogP contribution in [-0.2, 0) is 4.79 Å². The van der Waals surface area contributed by atoms with Gasteiger partial charge in [-0.2, -0.15) is 0 Å². The number of rotatable bonds is 4. The lowest BCUT2D eigenvalue weighted by Gasteiger charge is -2.29. The van der Waals surface area contributed by atoms with E-state index in [0.717, 1.165) is 19.4 Å². The highest BCUT2D eigenvalue weighted by molar-refractivity contribution is 5.67. The quantitative estimate of drug-likeness (QED) is 0.700. The van der Waals surface area contributed by atoms with Crippen LogP contribution in [0.1, 0.15) is 39.0 Å². The number of carbonyl (C=O) groups is 1. The molecule has 2 unspecified atom stereocenters. The van der Waals surface area contributed by atoms with Crippen LogP contribution < -0.4 is 5.32 Å². The molecule has 1 heterocycles. The van der Waals surface area contributed by atoms with Crippen LogP contribution in [0, 0.1) is 5.92 Å². The topological polar surface area (TPSA) is 49.3 Å². The van der Waals surface area contributed by atoms with Crippen molar-refractivity contribution in [1.82, 2.24) is 5.32 Å². The summed E-state index contributed by atoms with van der Waals surface area (Å²) in [5.74, 6) is -0.252. The summed E-state index contributed by atoms with van der Waals surface area (Å²) in [5, 5.41) is 12.1. The molecule has 0 aliphatic carbocycles. The van der Waals surface area contributed by atoms with Gasteiger partial charge in [0.25, 0.3) is 0 Å². The van der Waals surface area contributed by atoms with E-state index < -0.39 is 5.97 Å². The van der Waals surface area contributed by atoms with E-state index in [-0.39, 0.29) is 0 Å². The number of carboxylic acids is 1. The van der Waals surface area contributed by atoms with Crippen molar-refractivity contribution < 1.29 is 9.90 Å². The Morgan fingerprint density at radius 3 is 3.00 bits per heavy atom. The molecule has 0 aromatic heterocycles. The van der Waals surface area contributed by atoms with Crippen LogP contribution >= 0.6 is 0 Å². The summed E-state index contributed by atoms with van der Waals surface area (Å²) in [4.78, 5) is 10.5. The van der Waals surface area contributed by atoms with Crippen LogP contribution in [0.2, 0.25) is 0 Å². The molecule has 1 aliphatic rings. The van der Waals surface area contributed by atoms with E-state index in [9.17, 15) is 4.79 Å². The third-order valence-electron chi connectivity index (χ3n) is 2.70. The van der Waals surface area contributed by atoms with Crippen LogP contribution in [0.15, 0.2) is 0 Å². The number of piperidine rings is 1. The van der Waals surface area contributed by atoms with Gasteiger partial charge in [-0.1, -0.05) is 13.3 Å². The summed E-state index contributed by atoms with van der Waals surface area (Å²) in [7, 11) is 0. The van der Waals surface area contributed by atoms with Gasteiger partial charge in [0.2, 0.25) is 0 Å². The molecule has 1 fully saturated rings. The van der Waals surface area contributed by atoms with Gasteiger partial charge in [0.05, 0.1) is 0 Å². The molecule has 0 radical (unpaired) electrons. The first-order valence-corrected chi connectivity index (χ1v) is 5.17. The maximum atomic E-state index is 10.5. The molecule has 3 heteroatoms. The Hall–Kier alpha value is -0.570. The smallest absolute Gasteiger partial charge is 0.303 e. The number of hydrogen-bond acceptors (Lipinski definition) is 2. The molecule has 1 aliphatic heterocycles. The summed E-state index contributed by atoms with van der Waals surface area (Å²) >= 11 is 0. The van der Waals surface area contributed by atoms with Crippen LogP contribution in [0.25, 0.3) is 0 Å². The maximum Gasteiger partial charge on any atom is 0.303 e. The first-order chi connectivity index (χ1) is 6.22. The molecule has 13 heavy (non-hydrogen) atoms. The van der Waals surface area contributed by atoms with Crippen molar-refractivity contribution in [3.05, 3.63) is 0 Å². The van der Waals surface area contributed by atoms with E-state index in [2.05, 4.69) is 12.2 Å². The van der Waals surface area contributed by atoms with Crippen molar-refractivity contribution in [1.29, 1.82) is 0 Å². The SMILES string of the molecule is CCCC1CC(CC(=O)O)CCN1. The van der Waals surface area contributed by atoms with Gasteiger partial charge < -0.3 is 10.4 Å². The number of aliphatic carboxylic acids is 1. The zero-order chi connectivity index (χ0) is 9.68. The molecule has 76 valence electrons. The minimum atomic E-state index is -0.651. The molecular formula is C10H19NO2. The minimum Gasteiger partial charge on any atom is -0.481 e. The Labute approximate surface area is 79.5 Å². The lowest BCUT2D eigenvalue weighted by atomic mass is 9.88. The molecule has 2 N–H and O–H groups in total. The Morgan fingerprint density at radius 2 is 2.38 bits per heavy atom. The third kappa shape index (κ3) is 3.77. The summed E-state index contributed by atoms with van der Waals surface area (Å²) in [6.45, 7) is 3.16. The zero-order valence-electron chi connectivity index (χ0n) is 8.25. The molecule has 0 bridgehead atoms. The third-order valence-corrected chi connectivity index (χ3v) is 2.70. The van der Waals surface area contributed by atoms with Crippen LogP contribution in [0.3, 0.4) is 0 Å². The fourth-order valence-electron chi connectivity index (χ4n) is 2.10. The van der Waals surface area contributed by atoms with Crippen LogP contribution in [0.4, 0.5) is 0 Å². The van der Waals surface area contributed by atoms with Gasteiger partial charge in [-0.3, -0.25) is 4.79 Å². The second kappa shape index (κ2) is 5.22. The van der Waals surface area contributed by atoms with Gasteiger partial charge >= 0.3 is 5.97 Å². The minimum absolute atomic E-state index is 0.349. The van der Waals surface area contributed by atoms with Crippen molar-refractivity contribution in [2.45, 2.75) is 45.1 Å². The second-order valence-electron chi connectivity index (χ2n) is 3.93. The largest absolute Gasteiger partial charge is 0.481 e. The van der Waals surface area contributed by atoms with E-state index in [1.807, 2.05) is 0 Å². The van der Waals surface area contributed by atoms with E-state index in [0.29, 0.717) is 18.4 Å². The molecule has 2 atom stereocenters. The average Bonchev–Trinajstić information content (AvgIpc) is 2.04. The monoisotopic (exact) mass is 185 g/mol. The van der Waals surface area contributed by atoms with Gasteiger partial charge in [-0.15, -0.1) is 0 Å². The lowest BCUT2D eigenvalue weighted by Crippen LogP contribution is -2.38. The molecule has 0 amide bonds. The van der Waals surface area contributed by atoms with Gasteiger partial charge in [0.15, 0.2) is 0 Å². The summed E-state index contributed by atoms with van der Waals surface area (Å²) in [6.07, 6.45) is 4.77. The Morgan fingerprint density at radius 1 is 1.62 bits per heavy atom. The maximum absolute atomic E-state index is 10.5. The zero-order valence-corrected chi connectivity index (χ0v) is 8.25. The van der Waals surface area contributed by atoms with Gasteiger partial charge in [-0.05, 0) is 31.7 Å². The normalized spacial score (nSPS) is 28.7. The molecule has 1 saturated heterocycles. The predicted molar refractivity (Wildman–Crippen MR) is 51.7 cm³/mol. The fourth-order valence-corrected chi connectivity index (χ4v) is 2.10. The molecule has 1 rings (SSSR count). The fraction of sp³-hybridized carbons (Fsp3) is 0.900. The molecule has 0 aromatic rings. The van der Waals surface area contributed by atoms with Crippen molar-refractivity contribution in [2.24, 2.45) is 5.92 Å². The summed E-state index contributed by atoms with van der Waals surface area (Å²) in [6, 6.07) is 0.558. The van der Waals surface area contributed by atoms with Crippen molar-refractivity contribution in [3.8, 4) is 0 Å². The highest BCUT2D eigenvalue weighted by atomic mass is 16.4. The predicted octanol–water partition coefficient (Wildman–Crippen LogP) is 1.63. The van der Waals surface area contributed by atoms with Gasteiger partial charge in [0, 0.05) is 12.5 Å². The molecule has 0 aromatic carbocycles. The van der Waals surface area contributed by atoms with Gasteiger partial charge in [-0.25, -0.2) is 0 Å². The van der Waals surface area contributed by atoms with Crippen molar-refractivity contribution >= 4 is 5.97 Å². The Kier molecular flexibility index (Phi) is 4.22. The average molecular weight is 185 g/mol. The molecule has 3 nitrogen and oxygen atoms in total. The Balaban J connectivity index is 2.28. The first-order valence-electron chi connectivity index (χ1n) is 5.17. The van der Waals surface area contributed by atoms with E-state index in [1.165, 1.54) is 12.8 Å². The highest BCUT2D eigenvalue weighted by Gasteiger charge is 2.22. The van der Waals surface area contributed by atoms with Crippen LogP contribution in [0.5, 0.6) is 0 Å². The van der Waals surface area contributed by atoms with E-state index in [1.54, 1.807) is 0 Å². The lowest BCUT2D eigenvalue weighted by molar-refractivity contribution is -0.138. The number of hydrogen-bond donors (Lipinski definition) is 2. The summed E-state index contributed by atoms with van der Waals surface area (Å²) in [5.41, 5.74) is 0.